The number of benzene rings is 1. The van der Waals surface area contributed by atoms with Gasteiger partial charge in [-0.1, -0.05) is 23.7 Å². The van der Waals surface area contributed by atoms with Crippen LogP contribution in [0.1, 0.15) is 29.9 Å². The molecule has 0 aliphatic heterocycles. The third kappa shape index (κ3) is 3.49. The van der Waals surface area contributed by atoms with Gasteiger partial charge in [0.2, 0.25) is 0 Å². The van der Waals surface area contributed by atoms with Gasteiger partial charge in [0.1, 0.15) is 11.3 Å². The van der Waals surface area contributed by atoms with Crippen LogP contribution in [-0.4, -0.2) is 32.6 Å². The van der Waals surface area contributed by atoms with Crippen LogP contribution < -0.4 is 5.32 Å². The van der Waals surface area contributed by atoms with E-state index in [2.05, 4.69) is 10.3 Å². The number of carboxylic acid groups (broad SMARTS) is 1. The van der Waals surface area contributed by atoms with Crippen molar-refractivity contribution in [3.05, 3.63) is 46.7 Å². The van der Waals surface area contributed by atoms with E-state index < -0.39 is 17.4 Å². The number of aliphatic carboxylic acids is 1. The van der Waals surface area contributed by atoms with E-state index in [9.17, 15) is 14.7 Å². The normalized spacial score (nSPS) is 11.2. The molecule has 0 bridgehead atoms. The van der Waals surface area contributed by atoms with Crippen molar-refractivity contribution in [1.82, 2.24) is 10.3 Å². The summed E-state index contributed by atoms with van der Waals surface area (Å²) in [4.78, 5) is 27.3. The van der Waals surface area contributed by atoms with Crippen LogP contribution in [0.2, 0.25) is 5.02 Å². The van der Waals surface area contributed by atoms with Crippen molar-refractivity contribution in [2.75, 3.05) is 0 Å². The maximum absolute atomic E-state index is 12.2. The molecule has 1 heterocycles. The van der Waals surface area contributed by atoms with Crippen LogP contribution in [-0.2, 0) is 4.79 Å². The lowest BCUT2D eigenvalue weighted by molar-refractivity contribution is -0.143. The number of rotatable bonds is 4. The molecule has 0 aliphatic rings. The second-order valence-corrected chi connectivity index (χ2v) is 6.33. The minimum Gasteiger partial charge on any atom is -0.505 e. The highest BCUT2D eigenvalue weighted by molar-refractivity contribution is 6.30. The van der Waals surface area contributed by atoms with Crippen molar-refractivity contribution >= 4 is 23.5 Å². The maximum atomic E-state index is 12.2. The van der Waals surface area contributed by atoms with Crippen LogP contribution in [0.3, 0.4) is 0 Å². The number of nitrogens with zero attached hydrogens (tertiary/aromatic N) is 1. The lowest BCUT2D eigenvalue weighted by Gasteiger charge is -2.21. The van der Waals surface area contributed by atoms with Gasteiger partial charge in [0.05, 0.1) is 0 Å². The number of pyridine rings is 1. The zero-order chi connectivity index (χ0) is 18.1. The average molecular weight is 349 g/mol. The van der Waals surface area contributed by atoms with Crippen molar-refractivity contribution in [2.24, 2.45) is 0 Å². The molecule has 0 saturated heterocycles. The van der Waals surface area contributed by atoms with Gasteiger partial charge in [-0.2, -0.15) is 0 Å². The second-order valence-electron chi connectivity index (χ2n) is 5.89. The van der Waals surface area contributed by atoms with E-state index in [0.29, 0.717) is 16.1 Å². The predicted molar refractivity (Wildman–Crippen MR) is 90.3 cm³/mol. The van der Waals surface area contributed by atoms with Gasteiger partial charge < -0.3 is 15.5 Å². The fourth-order valence-electron chi connectivity index (χ4n) is 2.10. The highest BCUT2D eigenvalue weighted by Gasteiger charge is 2.31. The van der Waals surface area contributed by atoms with E-state index in [-0.39, 0.29) is 11.4 Å². The number of aromatic hydroxyl groups is 1. The summed E-state index contributed by atoms with van der Waals surface area (Å²) in [6.45, 7) is 4.33. The van der Waals surface area contributed by atoms with Crippen molar-refractivity contribution in [1.29, 1.82) is 0 Å². The number of carbonyl (C=O) groups is 2. The minimum atomic E-state index is -1.48. The number of halogens is 1. The molecule has 0 aliphatic carbocycles. The number of amides is 1. The number of hydrogen-bond acceptors (Lipinski definition) is 4. The van der Waals surface area contributed by atoms with E-state index in [1.165, 1.54) is 20.0 Å². The maximum Gasteiger partial charge on any atom is 0.328 e. The highest BCUT2D eigenvalue weighted by atomic mass is 35.5. The lowest BCUT2D eigenvalue weighted by Crippen LogP contribution is -2.49. The average Bonchev–Trinajstić information content (AvgIpc) is 2.49. The molecule has 7 heteroatoms. The molecular formula is C17H17ClN2O4. The van der Waals surface area contributed by atoms with Gasteiger partial charge in [-0.25, -0.2) is 9.78 Å². The van der Waals surface area contributed by atoms with Gasteiger partial charge in [0, 0.05) is 22.3 Å². The summed E-state index contributed by atoms with van der Waals surface area (Å²) in [7, 11) is 0. The van der Waals surface area contributed by atoms with E-state index in [1.54, 1.807) is 25.1 Å². The topological polar surface area (TPSA) is 99.5 Å². The Hall–Kier alpha value is -2.60. The molecule has 0 atom stereocenters. The standard InChI is InChI=1S/C17H17ClN2O4/c1-9-12(10-5-4-6-11(18)7-10)8-19-13(14(9)21)15(22)20-17(2,3)16(23)24/h4-8,21H,1-3H3,(H,20,22)(H,23,24). The summed E-state index contributed by atoms with van der Waals surface area (Å²) in [5.41, 5.74) is 0.118. The van der Waals surface area contributed by atoms with Crippen LogP contribution in [0.15, 0.2) is 30.5 Å². The zero-order valence-corrected chi connectivity index (χ0v) is 14.2. The number of nitrogens with one attached hydrogen (secondary N) is 1. The first kappa shape index (κ1) is 17.7. The number of aromatic nitrogens is 1. The molecule has 2 aromatic rings. The Kier molecular flexibility index (Phi) is 4.80. The largest absolute Gasteiger partial charge is 0.505 e. The summed E-state index contributed by atoms with van der Waals surface area (Å²) in [5.74, 6) is -2.26. The molecule has 126 valence electrons. The van der Waals surface area contributed by atoms with Gasteiger partial charge in [-0.15, -0.1) is 0 Å². The Balaban J connectivity index is 2.40. The van der Waals surface area contributed by atoms with Crippen molar-refractivity contribution < 1.29 is 19.8 Å². The molecule has 24 heavy (non-hydrogen) atoms. The molecule has 0 fully saturated rings. The fraction of sp³-hybridized carbons (Fsp3) is 0.235. The minimum absolute atomic E-state index is 0.229. The van der Waals surface area contributed by atoms with E-state index in [4.69, 9.17) is 16.7 Å². The predicted octanol–water partition coefficient (Wildman–Crippen LogP) is 3.01. The van der Waals surface area contributed by atoms with E-state index in [0.717, 1.165) is 5.56 Å². The summed E-state index contributed by atoms with van der Waals surface area (Å²) in [6.07, 6.45) is 1.45. The number of hydrogen-bond donors (Lipinski definition) is 3. The monoisotopic (exact) mass is 348 g/mol. The first-order chi connectivity index (χ1) is 11.1. The van der Waals surface area contributed by atoms with Crippen molar-refractivity contribution in [3.63, 3.8) is 0 Å². The molecule has 0 spiro atoms. The van der Waals surface area contributed by atoms with Crippen molar-refractivity contribution in [2.45, 2.75) is 26.3 Å². The summed E-state index contributed by atoms with van der Waals surface area (Å²) in [6, 6.07) is 7.02. The van der Waals surface area contributed by atoms with Crippen LogP contribution in [0, 0.1) is 6.92 Å². The Morgan fingerprint density at radius 1 is 1.29 bits per heavy atom. The molecule has 0 saturated carbocycles. The summed E-state index contributed by atoms with van der Waals surface area (Å²) >= 11 is 5.97. The third-order valence-electron chi connectivity index (χ3n) is 3.62. The molecule has 1 aromatic heterocycles. The van der Waals surface area contributed by atoms with Crippen LogP contribution in [0.25, 0.3) is 11.1 Å². The third-order valence-corrected chi connectivity index (χ3v) is 3.85. The van der Waals surface area contributed by atoms with E-state index >= 15 is 0 Å². The molecule has 1 amide bonds. The zero-order valence-electron chi connectivity index (χ0n) is 13.4. The highest BCUT2D eigenvalue weighted by Crippen LogP contribution is 2.32. The molecule has 1 aromatic carbocycles. The first-order valence-electron chi connectivity index (χ1n) is 7.14. The molecule has 3 N–H and O–H groups in total. The van der Waals surface area contributed by atoms with Crippen LogP contribution in [0.4, 0.5) is 0 Å². The molecule has 0 radical (unpaired) electrons. The molecule has 0 unspecified atom stereocenters. The van der Waals surface area contributed by atoms with Crippen molar-refractivity contribution in [3.8, 4) is 16.9 Å². The summed E-state index contributed by atoms with van der Waals surface area (Å²) < 4.78 is 0. The van der Waals surface area contributed by atoms with E-state index in [1.807, 2.05) is 6.07 Å². The number of carbonyl (C=O) groups excluding carboxylic acids is 1. The molecule has 6 nitrogen and oxygen atoms in total. The smallest absolute Gasteiger partial charge is 0.328 e. The Bertz CT molecular complexity index is 818. The number of carboxylic acids is 1. The first-order valence-corrected chi connectivity index (χ1v) is 7.51. The van der Waals surface area contributed by atoms with Gasteiger partial charge >= 0.3 is 5.97 Å². The van der Waals surface area contributed by atoms with Gasteiger partial charge in [-0.05, 0) is 38.5 Å². The summed E-state index contributed by atoms with van der Waals surface area (Å²) in [5, 5.41) is 22.2. The fourth-order valence-corrected chi connectivity index (χ4v) is 2.29. The lowest BCUT2D eigenvalue weighted by atomic mass is 10.0. The van der Waals surface area contributed by atoms with Gasteiger partial charge in [0.15, 0.2) is 5.69 Å². The quantitative estimate of drug-likeness (QED) is 0.788. The molecular weight excluding hydrogens is 332 g/mol. The Morgan fingerprint density at radius 2 is 1.96 bits per heavy atom. The Labute approximate surface area is 144 Å². The Morgan fingerprint density at radius 3 is 2.54 bits per heavy atom. The van der Waals surface area contributed by atoms with Gasteiger partial charge in [-0.3, -0.25) is 4.79 Å². The SMILES string of the molecule is Cc1c(-c2cccc(Cl)c2)cnc(C(=O)NC(C)(C)C(=O)O)c1O. The second kappa shape index (κ2) is 6.49. The molecule has 2 rings (SSSR count). The van der Waals surface area contributed by atoms with Crippen LogP contribution >= 0.6 is 11.6 Å². The van der Waals surface area contributed by atoms with Crippen LogP contribution in [0.5, 0.6) is 5.75 Å². The van der Waals surface area contributed by atoms with Gasteiger partial charge in [0.25, 0.3) is 5.91 Å².